The highest BCUT2D eigenvalue weighted by Crippen LogP contribution is 2.48. The van der Waals surface area contributed by atoms with Crippen molar-refractivity contribution in [3.63, 3.8) is 0 Å². The maximum Gasteiger partial charge on any atom is 0.247 e. The summed E-state index contributed by atoms with van der Waals surface area (Å²) in [7, 11) is 0. The molecule has 4 heteroatoms. The molecule has 0 N–H and O–H groups in total. The number of aryl methyl sites for hydroxylation is 1. The van der Waals surface area contributed by atoms with Gasteiger partial charge in [0.15, 0.2) is 0 Å². The molecule has 2 aliphatic heterocycles. The minimum Gasteiger partial charge on any atom is -0.311 e. The fraction of sp³-hybridized carbons (Fsp3) is 0.229. The van der Waals surface area contributed by atoms with Crippen LogP contribution in [0.1, 0.15) is 110 Å². The fourth-order valence-corrected chi connectivity index (χ4v) is 12.3. The van der Waals surface area contributed by atoms with Crippen molar-refractivity contribution in [3.05, 3.63) is 228 Å². The summed E-state index contributed by atoms with van der Waals surface area (Å²) in [4.78, 5) is 5.09. The van der Waals surface area contributed by atoms with Crippen LogP contribution in [0.3, 0.4) is 0 Å². The van der Waals surface area contributed by atoms with Crippen LogP contribution in [0.4, 0.5) is 34.1 Å². The number of aromatic nitrogens is 1. The number of benzene rings is 9. The molecule has 10 aromatic rings. The first kappa shape index (κ1) is 47.4. The maximum atomic E-state index is 2.59. The van der Waals surface area contributed by atoms with E-state index < -0.39 is 0 Å². The first-order chi connectivity index (χ1) is 35.3. The Labute approximate surface area is 440 Å². The van der Waals surface area contributed by atoms with Crippen molar-refractivity contribution in [2.24, 2.45) is 0 Å². The molecule has 2 aliphatic rings. The van der Waals surface area contributed by atoms with E-state index in [1.165, 1.54) is 99.8 Å². The zero-order chi connectivity index (χ0) is 51.6. The second-order valence-electron chi connectivity index (χ2n) is 24.8. The Morgan fingerprint density at radius 3 is 1.70 bits per heavy atom. The number of rotatable bonds is 6. The predicted molar refractivity (Wildman–Crippen MR) is 320 cm³/mol. The molecule has 0 unspecified atom stereocenters. The van der Waals surface area contributed by atoms with E-state index in [9.17, 15) is 0 Å². The van der Waals surface area contributed by atoms with Gasteiger partial charge in [-0.05, 0) is 158 Å². The maximum absolute atomic E-state index is 2.59. The van der Waals surface area contributed by atoms with Crippen LogP contribution >= 0.6 is 0 Å². The minimum atomic E-state index is -0.340. The Bertz CT molecular complexity index is 3810. The standard InChI is InChI=1S/C70H68BN3/c1-45-38-58-66-65(39-45)74(52-32-28-47(29-33-52)67(2,3)4)64-44-63-56(55-41-49(69(8,9)10)31-37-62(55)73(63)51-26-20-15-21-27-51)43-60(64)71(66)59-35-34-53(42-57(59)70(58,11)12)72(50-24-18-14-19-25-50)61-36-30-48(68(5,6)7)40-54(61)46-22-16-13-17-23-46/h13-44H,1-12H3. The Morgan fingerprint density at radius 1 is 0.446 bits per heavy atom. The largest absolute Gasteiger partial charge is 0.311 e. The number of anilines is 6. The highest BCUT2D eigenvalue weighted by atomic mass is 15.2. The lowest BCUT2D eigenvalue weighted by Crippen LogP contribution is -2.64. The first-order valence-corrected chi connectivity index (χ1v) is 26.7. The van der Waals surface area contributed by atoms with Crippen molar-refractivity contribution in [2.75, 3.05) is 9.80 Å². The van der Waals surface area contributed by atoms with Crippen molar-refractivity contribution in [2.45, 2.75) is 105 Å². The third-order valence-electron chi connectivity index (χ3n) is 16.3. The van der Waals surface area contributed by atoms with Crippen molar-refractivity contribution >= 4 is 79.0 Å². The van der Waals surface area contributed by atoms with Crippen molar-refractivity contribution in [3.8, 4) is 16.8 Å². The van der Waals surface area contributed by atoms with Crippen molar-refractivity contribution in [1.29, 1.82) is 0 Å². The van der Waals surface area contributed by atoms with E-state index in [4.69, 9.17) is 0 Å². The molecule has 12 rings (SSSR count). The molecule has 0 amide bonds. The number of hydrogen-bond acceptors (Lipinski definition) is 2. The van der Waals surface area contributed by atoms with Gasteiger partial charge >= 0.3 is 0 Å². The van der Waals surface area contributed by atoms with Crippen LogP contribution in [0.25, 0.3) is 38.6 Å². The van der Waals surface area contributed by atoms with Gasteiger partial charge in [-0.1, -0.05) is 191 Å². The zero-order valence-corrected chi connectivity index (χ0v) is 45.4. The number of fused-ring (bicyclic) bond motifs is 7. The quantitative estimate of drug-likeness (QED) is 0.154. The van der Waals surface area contributed by atoms with Crippen LogP contribution in [0, 0.1) is 6.92 Å². The summed E-state index contributed by atoms with van der Waals surface area (Å²) in [5, 5.41) is 2.56. The van der Waals surface area contributed by atoms with Gasteiger partial charge in [0.2, 0.25) is 6.71 Å². The van der Waals surface area contributed by atoms with Gasteiger partial charge in [-0.25, -0.2) is 0 Å². The van der Waals surface area contributed by atoms with E-state index in [2.05, 4.69) is 292 Å². The lowest BCUT2D eigenvalue weighted by atomic mass is 9.30. The summed E-state index contributed by atoms with van der Waals surface area (Å²) in [6.45, 7) is 28.0. The number of hydrogen-bond donors (Lipinski definition) is 0. The summed E-state index contributed by atoms with van der Waals surface area (Å²) < 4.78 is 2.50. The molecule has 9 aromatic carbocycles. The summed E-state index contributed by atoms with van der Waals surface area (Å²) >= 11 is 0. The SMILES string of the molecule is Cc1cc2c3c(c1)C(C)(C)c1cc(N(c4ccccc4)c4ccc(C(C)(C)C)cc4-c4ccccc4)ccc1B3c1cc3c4cc(C(C)(C)C)ccc4n(-c4ccccc4)c3cc1N2c1ccc(C(C)(C)C)cc1. The van der Waals surface area contributed by atoms with E-state index in [0.717, 1.165) is 22.7 Å². The van der Waals surface area contributed by atoms with Gasteiger partial charge < -0.3 is 14.4 Å². The molecule has 3 heterocycles. The van der Waals surface area contributed by atoms with Crippen molar-refractivity contribution in [1.82, 2.24) is 4.57 Å². The van der Waals surface area contributed by atoms with Crippen LogP contribution in [-0.4, -0.2) is 11.3 Å². The molecule has 0 saturated heterocycles. The summed E-state index contributed by atoms with van der Waals surface area (Å²) in [5.74, 6) is 0. The van der Waals surface area contributed by atoms with Crippen molar-refractivity contribution < 1.29 is 0 Å². The van der Waals surface area contributed by atoms with Crippen LogP contribution in [0.15, 0.2) is 194 Å². The van der Waals surface area contributed by atoms with E-state index in [0.29, 0.717) is 0 Å². The Hall–Kier alpha value is -7.56. The molecule has 0 spiro atoms. The third-order valence-corrected chi connectivity index (χ3v) is 16.3. The number of para-hydroxylation sites is 2. The molecular formula is C70H68BN3. The smallest absolute Gasteiger partial charge is 0.247 e. The van der Waals surface area contributed by atoms with Crippen LogP contribution in [0.5, 0.6) is 0 Å². The average molecular weight is 962 g/mol. The van der Waals surface area contributed by atoms with E-state index in [-0.39, 0.29) is 28.4 Å². The molecule has 0 atom stereocenters. The first-order valence-electron chi connectivity index (χ1n) is 26.7. The number of nitrogens with zero attached hydrogens (tertiary/aromatic N) is 3. The van der Waals surface area contributed by atoms with Gasteiger partial charge in [0.25, 0.3) is 0 Å². The molecule has 74 heavy (non-hydrogen) atoms. The van der Waals surface area contributed by atoms with Gasteiger partial charge in [-0.3, -0.25) is 0 Å². The average Bonchev–Trinajstić information content (AvgIpc) is 3.70. The lowest BCUT2D eigenvalue weighted by molar-refractivity contribution is 0.590. The molecule has 3 nitrogen and oxygen atoms in total. The van der Waals surface area contributed by atoms with Gasteiger partial charge in [0, 0.05) is 55.9 Å². The summed E-state index contributed by atoms with van der Waals surface area (Å²) in [5.41, 5.74) is 24.8. The van der Waals surface area contributed by atoms with E-state index >= 15 is 0 Å². The molecule has 366 valence electrons. The molecule has 0 fully saturated rings. The highest BCUT2D eigenvalue weighted by molar-refractivity contribution is 6.99. The third kappa shape index (κ3) is 7.71. The second kappa shape index (κ2) is 17.0. The molecule has 0 aliphatic carbocycles. The molecule has 0 radical (unpaired) electrons. The van der Waals surface area contributed by atoms with Crippen LogP contribution < -0.4 is 26.2 Å². The Kier molecular flexibility index (Phi) is 10.9. The zero-order valence-electron chi connectivity index (χ0n) is 45.4. The normalized spacial score (nSPS) is 14.0. The Balaban J connectivity index is 1.15. The molecule has 0 saturated carbocycles. The van der Waals surface area contributed by atoms with Gasteiger partial charge in [0.05, 0.1) is 16.7 Å². The van der Waals surface area contributed by atoms with Gasteiger partial charge in [-0.2, -0.15) is 0 Å². The predicted octanol–water partition coefficient (Wildman–Crippen LogP) is 17.1. The van der Waals surface area contributed by atoms with Gasteiger partial charge in [0.1, 0.15) is 0 Å². The molecule has 1 aromatic heterocycles. The molecular weight excluding hydrogens is 894 g/mol. The lowest BCUT2D eigenvalue weighted by Gasteiger charge is -2.46. The van der Waals surface area contributed by atoms with Gasteiger partial charge in [-0.15, -0.1) is 0 Å². The monoisotopic (exact) mass is 962 g/mol. The van der Waals surface area contributed by atoms with E-state index in [1.807, 2.05) is 0 Å². The summed E-state index contributed by atoms with van der Waals surface area (Å²) in [6, 6.07) is 74.0. The van der Waals surface area contributed by atoms with E-state index in [1.54, 1.807) is 0 Å². The van der Waals surface area contributed by atoms with Crippen LogP contribution in [0.2, 0.25) is 0 Å². The minimum absolute atomic E-state index is 0.0129. The second-order valence-corrected chi connectivity index (χ2v) is 24.8. The highest BCUT2D eigenvalue weighted by Gasteiger charge is 2.47. The van der Waals surface area contributed by atoms with Crippen LogP contribution in [-0.2, 0) is 21.7 Å². The molecule has 0 bridgehead atoms. The Morgan fingerprint density at radius 2 is 1.04 bits per heavy atom. The fourth-order valence-electron chi connectivity index (χ4n) is 12.3. The summed E-state index contributed by atoms with van der Waals surface area (Å²) in [6.07, 6.45) is 0. The topological polar surface area (TPSA) is 11.4 Å².